The van der Waals surface area contributed by atoms with E-state index in [2.05, 4.69) is 67.4 Å². The summed E-state index contributed by atoms with van der Waals surface area (Å²) in [6.45, 7) is 13.7. The average Bonchev–Trinajstić information content (AvgIpc) is 3.03. The number of rotatable bonds is 9. The van der Waals surface area contributed by atoms with E-state index in [4.69, 9.17) is 4.99 Å². The lowest BCUT2D eigenvalue weighted by Gasteiger charge is -2.26. The number of aliphatic imine (C=N–C) groups is 1. The molecule has 0 spiro atoms. The summed E-state index contributed by atoms with van der Waals surface area (Å²) in [6.07, 6.45) is 1.07. The molecule has 1 aromatic heterocycles. The first-order chi connectivity index (χ1) is 10.6. The SMILES string of the molecule is CCNC(=NCC(C)N(CC)CC)N(C)CCc1cccs1.I. The van der Waals surface area contributed by atoms with Crippen molar-refractivity contribution in [1.29, 1.82) is 0 Å². The number of hydrogen-bond acceptors (Lipinski definition) is 3. The molecule has 0 bridgehead atoms. The topological polar surface area (TPSA) is 30.9 Å². The molecular formula is C17H33IN4S. The predicted molar refractivity (Wildman–Crippen MR) is 114 cm³/mol. The maximum Gasteiger partial charge on any atom is 0.193 e. The van der Waals surface area contributed by atoms with E-state index >= 15 is 0 Å². The van der Waals surface area contributed by atoms with Gasteiger partial charge in [-0.3, -0.25) is 9.89 Å². The van der Waals surface area contributed by atoms with Gasteiger partial charge in [-0.05, 0) is 44.8 Å². The Bertz CT molecular complexity index is 418. The van der Waals surface area contributed by atoms with Crippen LogP contribution in [-0.4, -0.2) is 61.6 Å². The van der Waals surface area contributed by atoms with Crippen LogP contribution in [0.1, 0.15) is 32.6 Å². The van der Waals surface area contributed by atoms with Crippen LogP contribution in [0.2, 0.25) is 0 Å². The summed E-state index contributed by atoms with van der Waals surface area (Å²) in [7, 11) is 2.12. The van der Waals surface area contributed by atoms with Gasteiger partial charge in [0.1, 0.15) is 0 Å². The molecule has 0 aromatic carbocycles. The van der Waals surface area contributed by atoms with Gasteiger partial charge in [0.15, 0.2) is 5.96 Å². The highest BCUT2D eigenvalue weighted by molar-refractivity contribution is 14.0. The quantitative estimate of drug-likeness (QED) is 0.353. The molecule has 1 rings (SSSR count). The van der Waals surface area contributed by atoms with Crippen molar-refractivity contribution < 1.29 is 0 Å². The van der Waals surface area contributed by atoms with E-state index in [0.29, 0.717) is 6.04 Å². The van der Waals surface area contributed by atoms with Gasteiger partial charge in [0.05, 0.1) is 6.54 Å². The number of nitrogens with one attached hydrogen (secondary N) is 1. The predicted octanol–water partition coefficient (Wildman–Crippen LogP) is 3.54. The first-order valence-corrected chi connectivity index (χ1v) is 9.26. The van der Waals surface area contributed by atoms with Gasteiger partial charge in [0.25, 0.3) is 0 Å². The van der Waals surface area contributed by atoms with Gasteiger partial charge in [0.2, 0.25) is 0 Å². The lowest BCUT2D eigenvalue weighted by molar-refractivity contribution is 0.236. The summed E-state index contributed by atoms with van der Waals surface area (Å²) in [6, 6.07) is 4.80. The molecule has 1 N–H and O–H groups in total. The Hall–Kier alpha value is -0.340. The zero-order valence-corrected chi connectivity index (χ0v) is 18.4. The third kappa shape index (κ3) is 8.35. The number of halogens is 1. The van der Waals surface area contributed by atoms with E-state index < -0.39 is 0 Å². The molecule has 0 fully saturated rings. The van der Waals surface area contributed by atoms with Gasteiger partial charge in [-0.2, -0.15) is 0 Å². The highest BCUT2D eigenvalue weighted by atomic mass is 127. The van der Waals surface area contributed by atoms with Crippen molar-refractivity contribution in [2.75, 3.05) is 39.8 Å². The van der Waals surface area contributed by atoms with E-state index in [9.17, 15) is 0 Å². The van der Waals surface area contributed by atoms with Gasteiger partial charge < -0.3 is 10.2 Å². The Morgan fingerprint density at radius 2 is 2.00 bits per heavy atom. The molecular weight excluding hydrogens is 419 g/mol. The van der Waals surface area contributed by atoms with Crippen LogP contribution in [0.25, 0.3) is 0 Å². The summed E-state index contributed by atoms with van der Waals surface area (Å²) in [5.74, 6) is 1.01. The normalized spacial score (nSPS) is 12.9. The van der Waals surface area contributed by atoms with Crippen molar-refractivity contribution in [3.63, 3.8) is 0 Å². The summed E-state index contributed by atoms with van der Waals surface area (Å²) >= 11 is 1.82. The molecule has 0 aliphatic heterocycles. The molecule has 0 aliphatic rings. The van der Waals surface area contributed by atoms with Crippen molar-refractivity contribution in [3.05, 3.63) is 22.4 Å². The Morgan fingerprint density at radius 1 is 1.30 bits per heavy atom. The molecule has 6 heteroatoms. The molecule has 0 radical (unpaired) electrons. The molecule has 0 amide bonds. The van der Waals surface area contributed by atoms with Crippen molar-refractivity contribution in [3.8, 4) is 0 Å². The standard InChI is InChI=1S/C17H32N4S.HI/c1-6-18-17(19-14-15(4)21(7-2)8-3)20(5)12-11-16-10-9-13-22-16;/h9-10,13,15H,6-8,11-12,14H2,1-5H3,(H,18,19);1H. The first-order valence-electron chi connectivity index (χ1n) is 8.38. The lowest BCUT2D eigenvalue weighted by atomic mass is 10.3. The summed E-state index contributed by atoms with van der Waals surface area (Å²) < 4.78 is 0. The molecule has 0 aliphatic carbocycles. The molecule has 1 heterocycles. The van der Waals surface area contributed by atoms with Crippen molar-refractivity contribution in [2.45, 2.75) is 40.2 Å². The highest BCUT2D eigenvalue weighted by Crippen LogP contribution is 2.09. The fourth-order valence-electron chi connectivity index (χ4n) is 2.49. The van der Waals surface area contributed by atoms with Crippen molar-refractivity contribution in [1.82, 2.24) is 15.1 Å². The maximum absolute atomic E-state index is 4.82. The van der Waals surface area contributed by atoms with Crippen LogP contribution in [0.15, 0.2) is 22.5 Å². The van der Waals surface area contributed by atoms with Gasteiger partial charge >= 0.3 is 0 Å². The summed E-state index contributed by atoms with van der Waals surface area (Å²) in [4.78, 5) is 10.9. The first kappa shape index (κ1) is 22.7. The van der Waals surface area contributed by atoms with E-state index in [1.165, 1.54) is 4.88 Å². The molecule has 4 nitrogen and oxygen atoms in total. The third-order valence-electron chi connectivity index (χ3n) is 3.91. The number of guanidine groups is 1. The van der Waals surface area contributed by atoms with E-state index in [-0.39, 0.29) is 24.0 Å². The molecule has 23 heavy (non-hydrogen) atoms. The number of thiophene rings is 1. The van der Waals surface area contributed by atoms with Gasteiger partial charge in [0, 0.05) is 31.1 Å². The van der Waals surface area contributed by atoms with Crippen molar-refractivity contribution in [2.24, 2.45) is 4.99 Å². The summed E-state index contributed by atoms with van der Waals surface area (Å²) in [5, 5.41) is 5.54. The second-order valence-corrected chi connectivity index (χ2v) is 6.55. The van der Waals surface area contributed by atoms with Gasteiger partial charge in [-0.25, -0.2) is 0 Å². The monoisotopic (exact) mass is 452 g/mol. The molecule has 0 saturated heterocycles. The molecule has 0 saturated carbocycles. The number of hydrogen-bond donors (Lipinski definition) is 1. The number of likely N-dealkylation sites (N-methyl/N-ethyl adjacent to an activating group) is 2. The largest absolute Gasteiger partial charge is 0.357 e. The zero-order valence-electron chi connectivity index (χ0n) is 15.2. The van der Waals surface area contributed by atoms with E-state index in [1.54, 1.807) is 0 Å². The van der Waals surface area contributed by atoms with Gasteiger partial charge in [-0.1, -0.05) is 19.9 Å². The number of nitrogens with zero attached hydrogens (tertiary/aromatic N) is 3. The minimum absolute atomic E-state index is 0. The maximum atomic E-state index is 4.82. The smallest absolute Gasteiger partial charge is 0.193 e. The molecule has 1 unspecified atom stereocenters. The Kier molecular flexibility index (Phi) is 12.8. The average molecular weight is 452 g/mol. The highest BCUT2D eigenvalue weighted by Gasteiger charge is 2.11. The van der Waals surface area contributed by atoms with Crippen molar-refractivity contribution >= 4 is 41.3 Å². The van der Waals surface area contributed by atoms with Gasteiger partial charge in [-0.15, -0.1) is 35.3 Å². The second-order valence-electron chi connectivity index (χ2n) is 5.52. The summed E-state index contributed by atoms with van der Waals surface area (Å²) in [5.41, 5.74) is 0. The molecule has 1 aromatic rings. The Balaban J connectivity index is 0.00000484. The van der Waals surface area contributed by atoms with Crippen LogP contribution < -0.4 is 5.32 Å². The Morgan fingerprint density at radius 3 is 2.52 bits per heavy atom. The minimum Gasteiger partial charge on any atom is -0.357 e. The zero-order chi connectivity index (χ0) is 16.4. The fourth-order valence-corrected chi connectivity index (χ4v) is 3.19. The third-order valence-corrected chi connectivity index (χ3v) is 4.85. The Labute approximate surface area is 163 Å². The fraction of sp³-hybridized carbons (Fsp3) is 0.706. The minimum atomic E-state index is 0. The van der Waals surface area contributed by atoms with Crippen LogP contribution in [0.4, 0.5) is 0 Å². The van der Waals surface area contributed by atoms with Crippen LogP contribution in [-0.2, 0) is 6.42 Å². The van der Waals surface area contributed by atoms with E-state index in [1.807, 2.05) is 11.3 Å². The van der Waals surface area contributed by atoms with Crippen LogP contribution in [0, 0.1) is 0 Å². The second kappa shape index (κ2) is 13.0. The molecule has 134 valence electrons. The van der Waals surface area contributed by atoms with E-state index in [0.717, 1.165) is 45.1 Å². The van der Waals surface area contributed by atoms with Crippen LogP contribution in [0.3, 0.4) is 0 Å². The van der Waals surface area contributed by atoms with Crippen LogP contribution >= 0.6 is 35.3 Å². The van der Waals surface area contributed by atoms with Crippen LogP contribution in [0.5, 0.6) is 0 Å². The molecule has 1 atom stereocenters. The lowest BCUT2D eigenvalue weighted by Crippen LogP contribution is -2.41.